The van der Waals surface area contributed by atoms with Gasteiger partial charge < -0.3 is 15.5 Å². The molecule has 21 heavy (non-hydrogen) atoms. The molecule has 2 atom stereocenters. The topological polar surface area (TPSA) is 86.6 Å². The highest BCUT2D eigenvalue weighted by molar-refractivity contribution is 5.94. The molecule has 2 unspecified atom stereocenters. The maximum absolute atomic E-state index is 11.5. The Kier molecular flexibility index (Phi) is 5.67. The van der Waals surface area contributed by atoms with Gasteiger partial charge in [-0.1, -0.05) is 17.7 Å². The molecule has 0 aliphatic carbocycles. The van der Waals surface area contributed by atoms with Gasteiger partial charge in [-0.05, 0) is 44.4 Å². The first-order valence-electron chi connectivity index (χ1n) is 6.69. The number of hydrogen-bond acceptors (Lipinski definition) is 3. The highest BCUT2D eigenvalue weighted by Gasteiger charge is 2.21. The van der Waals surface area contributed by atoms with E-state index >= 15 is 0 Å². The number of aliphatic hydroxyl groups is 1. The molecular weight excluding hydrogens is 270 g/mol. The van der Waals surface area contributed by atoms with Crippen LogP contribution in [0.5, 0.6) is 0 Å². The number of carbonyl (C=O) groups is 2. The van der Waals surface area contributed by atoms with Crippen LogP contribution in [0.1, 0.15) is 35.3 Å². The van der Waals surface area contributed by atoms with Crippen LogP contribution < -0.4 is 5.32 Å². The van der Waals surface area contributed by atoms with Crippen molar-refractivity contribution in [3.63, 3.8) is 0 Å². The minimum atomic E-state index is -1.19. The predicted molar refractivity (Wildman–Crippen MR) is 80.0 cm³/mol. The lowest BCUT2D eigenvalue weighted by atomic mass is 9.92. The number of aliphatic carboxylic acids is 1. The number of carboxylic acids is 1. The van der Waals surface area contributed by atoms with Crippen molar-refractivity contribution in [1.29, 1.82) is 0 Å². The molecule has 114 valence electrons. The van der Waals surface area contributed by atoms with Crippen molar-refractivity contribution < 1.29 is 19.8 Å². The molecule has 5 nitrogen and oxygen atoms in total. The zero-order valence-electron chi connectivity index (χ0n) is 12.7. The highest BCUT2D eigenvalue weighted by Crippen LogP contribution is 2.25. The first kappa shape index (κ1) is 16.9. The smallest absolute Gasteiger partial charge is 0.328 e. The molecule has 5 heteroatoms. The van der Waals surface area contributed by atoms with E-state index in [0.29, 0.717) is 0 Å². The van der Waals surface area contributed by atoms with Crippen LogP contribution in [-0.4, -0.2) is 28.1 Å². The van der Waals surface area contributed by atoms with E-state index in [2.05, 4.69) is 5.32 Å². The fraction of sp³-hybridized carbons (Fsp3) is 0.375. The number of hydrogen-bond donors (Lipinski definition) is 3. The summed E-state index contributed by atoms with van der Waals surface area (Å²) in [7, 11) is 0. The molecule has 3 N–H and O–H groups in total. The Balaban J connectivity index is 2.86. The number of aryl methyl sites for hydroxylation is 3. The van der Waals surface area contributed by atoms with Gasteiger partial charge in [-0.25, -0.2) is 4.79 Å². The summed E-state index contributed by atoms with van der Waals surface area (Å²) in [5, 5.41) is 21.4. The Morgan fingerprint density at radius 1 is 1.14 bits per heavy atom. The number of benzene rings is 1. The minimum absolute atomic E-state index is 0.531. The Bertz CT molecular complexity index is 555. The molecular formula is C16H21NO4. The number of rotatable bonds is 5. The van der Waals surface area contributed by atoms with Gasteiger partial charge in [-0.15, -0.1) is 0 Å². The zero-order chi connectivity index (χ0) is 16.2. The Morgan fingerprint density at radius 3 is 2.14 bits per heavy atom. The molecule has 0 bridgehead atoms. The van der Waals surface area contributed by atoms with Crippen LogP contribution >= 0.6 is 0 Å². The molecule has 1 rings (SSSR count). The van der Waals surface area contributed by atoms with Crippen LogP contribution in [0.15, 0.2) is 24.3 Å². The average molecular weight is 291 g/mol. The van der Waals surface area contributed by atoms with Crippen molar-refractivity contribution in [1.82, 2.24) is 5.32 Å². The van der Waals surface area contributed by atoms with Crippen molar-refractivity contribution in [2.24, 2.45) is 0 Å². The number of nitrogens with one attached hydrogen (secondary N) is 1. The summed E-state index contributed by atoms with van der Waals surface area (Å²) in [4.78, 5) is 21.9. The van der Waals surface area contributed by atoms with Gasteiger partial charge >= 0.3 is 5.97 Å². The first-order chi connectivity index (χ1) is 9.72. The third-order valence-electron chi connectivity index (χ3n) is 3.25. The van der Waals surface area contributed by atoms with Gasteiger partial charge in [-0.2, -0.15) is 0 Å². The van der Waals surface area contributed by atoms with Crippen molar-refractivity contribution in [2.45, 2.75) is 39.8 Å². The Morgan fingerprint density at radius 2 is 1.67 bits per heavy atom. The van der Waals surface area contributed by atoms with E-state index in [1.165, 1.54) is 0 Å². The molecule has 0 spiro atoms. The van der Waals surface area contributed by atoms with Crippen LogP contribution in [0.4, 0.5) is 0 Å². The van der Waals surface area contributed by atoms with Crippen LogP contribution in [0.3, 0.4) is 0 Å². The first-order valence-corrected chi connectivity index (χ1v) is 6.69. The SMILES string of the molecule is Cc1cc(C)c(C(O)C(C)NC(=O)C=CC(=O)O)c(C)c1. The van der Waals surface area contributed by atoms with E-state index in [4.69, 9.17) is 5.11 Å². The fourth-order valence-corrected chi connectivity index (χ4v) is 2.41. The maximum Gasteiger partial charge on any atom is 0.328 e. The summed E-state index contributed by atoms with van der Waals surface area (Å²) in [5.74, 6) is -1.74. The van der Waals surface area contributed by atoms with E-state index in [1.54, 1.807) is 6.92 Å². The highest BCUT2D eigenvalue weighted by atomic mass is 16.4. The van der Waals surface area contributed by atoms with E-state index in [9.17, 15) is 14.7 Å². The van der Waals surface area contributed by atoms with Crippen molar-refractivity contribution >= 4 is 11.9 Å². The van der Waals surface area contributed by atoms with Crippen LogP contribution in [0, 0.1) is 20.8 Å². The fourth-order valence-electron chi connectivity index (χ4n) is 2.41. The summed E-state index contributed by atoms with van der Waals surface area (Å²) >= 11 is 0. The normalized spacial score (nSPS) is 14.0. The van der Waals surface area contributed by atoms with E-state index in [1.807, 2.05) is 32.9 Å². The number of carboxylic acid groups (broad SMARTS) is 1. The van der Waals surface area contributed by atoms with Gasteiger partial charge in [0.25, 0.3) is 0 Å². The third kappa shape index (κ3) is 4.72. The molecule has 0 radical (unpaired) electrons. The largest absolute Gasteiger partial charge is 0.478 e. The molecule has 0 aromatic heterocycles. The van der Waals surface area contributed by atoms with Crippen molar-refractivity contribution in [3.05, 3.63) is 46.5 Å². The number of aliphatic hydroxyl groups excluding tert-OH is 1. The van der Waals surface area contributed by atoms with Crippen LogP contribution in [0.2, 0.25) is 0 Å². The lowest BCUT2D eigenvalue weighted by Gasteiger charge is -2.23. The van der Waals surface area contributed by atoms with Gasteiger partial charge in [0.1, 0.15) is 0 Å². The van der Waals surface area contributed by atoms with Gasteiger partial charge in [-0.3, -0.25) is 4.79 Å². The van der Waals surface area contributed by atoms with E-state index in [-0.39, 0.29) is 0 Å². The minimum Gasteiger partial charge on any atom is -0.478 e. The molecule has 1 aromatic carbocycles. The average Bonchev–Trinajstić information content (AvgIpc) is 2.34. The van der Waals surface area contributed by atoms with Gasteiger partial charge in [0.05, 0.1) is 12.1 Å². The lowest BCUT2D eigenvalue weighted by molar-refractivity contribution is -0.131. The molecule has 0 saturated carbocycles. The second kappa shape index (κ2) is 7.04. The summed E-state index contributed by atoms with van der Waals surface area (Å²) in [5.41, 5.74) is 3.82. The van der Waals surface area contributed by atoms with Crippen LogP contribution in [-0.2, 0) is 9.59 Å². The third-order valence-corrected chi connectivity index (χ3v) is 3.25. The van der Waals surface area contributed by atoms with E-state index < -0.39 is 24.0 Å². The van der Waals surface area contributed by atoms with Crippen molar-refractivity contribution in [2.75, 3.05) is 0 Å². The monoisotopic (exact) mass is 291 g/mol. The molecule has 0 fully saturated rings. The lowest BCUT2D eigenvalue weighted by Crippen LogP contribution is -2.36. The maximum atomic E-state index is 11.5. The zero-order valence-corrected chi connectivity index (χ0v) is 12.7. The van der Waals surface area contributed by atoms with Gasteiger partial charge in [0.15, 0.2) is 0 Å². The van der Waals surface area contributed by atoms with Crippen molar-refractivity contribution in [3.8, 4) is 0 Å². The predicted octanol–water partition coefficient (Wildman–Crippen LogP) is 1.79. The molecule has 0 saturated heterocycles. The summed E-state index contributed by atoms with van der Waals surface area (Å²) < 4.78 is 0. The molecule has 1 aromatic rings. The quantitative estimate of drug-likeness (QED) is 0.722. The second-order valence-corrected chi connectivity index (χ2v) is 5.23. The molecule has 0 aliphatic heterocycles. The molecule has 0 aliphatic rings. The van der Waals surface area contributed by atoms with Crippen LogP contribution in [0.25, 0.3) is 0 Å². The standard InChI is InChI=1S/C16H21NO4/c1-9-7-10(2)15(11(3)8-9)16(21)12(4)17-13(18)5-6-14(19)20/h5-8,12,16,21H,1-4H3,(H,17,18)(H,19,20). The Labute approximate surface area is 124 Å². The second-order valence-electron chi connectivity index (χ2n) is 5.23. The number of carbonyl (C=O) groups excluding carboxylic acids is 1. The van der Waals surface area contributed by atoms with Gasteiger partial charge in [0, 0.05) is 12.2 Å². The molecule has 1 amide bonds. The summed E-state index contributed by atoms with van der Waals surface area (Å²) in [6.45, 7) is 7.49. The number of amides is 1. The Hall–Kier alpha value is -2.14. The van der Waals surface area contributed by atoms with E-state index in [0.717, 1.165) is 34.4 Å². The molecule has 0 heterocycles. The summed E-state index contributed by atoms with van der Waals surface area (Å²) in [6.07, 6.45) is 0.838. The van der Waals surface area contributed by atoms with Gasteiger partial charge in [0.2, 0.25) is 5.91 Å². The summed E-state index contributed by atoms with van der Waals surface area (Å²) in [6, 6.07) is 3.42.